The van der Waals surface area contributed by atoms with Gasteiger partial charge in [-0.25, -0.2) is 0 Å². The van der Waals surface area contributed by atoms with Crippen LogP contribution in [0.15, 0.2) is 47.7 Å². The Hall–Kier alpha value is -3.15. The number of allylic oxidation sites excluding steroid dienone is 1. The molecule has 0 radical (unpaired) electrons. The molecule has 0 bridgehead atoms. The molecule has 4 rings (SSSR count). The van der Waals surface area contributed by atoms with Crippen LogP contribution in [-0.4, -0.2) is 10.7 Å². The quantitative estimate of drug-likeness (QED) is 0.526. The predicted molar refractivity (Wildman–Crippen MR) is 114 cm³/mol. The molecule has 29 heavy (non-hydrogen) atoms. The van der Waals surface area contributed by atoms with E-state index in [9.17, 15) is 14.9 Å². The van der Waals surface area contributed by atoms with Gasteiger partial charge >= 0.3 is 0 Å². The van der Waals surface area contributed by atoms with Gasteiger partial charge in [-0.05, 0) is 55.0 Å². The maximum absolute atomic E-state index is 13.2. The molecule has 1 aliphatic carbocycles. The third-order valence-electron chi connectivity index (χ3n) is 5.87. The molecular weight excluding hydrogens is 366 g/mol. The van der Waals surface area contributed by atoms with Crippen molar-refractivity contribution in [1.82, 2.24) is 0 Å². The van der Waals surface area contributed by atoms with Gasteiger partial charge in [-0.2, -0.15) is 0 Å². The van der Waals surface area contributed by atoms with E-state index >= 15 is 0 Å². The van der Waals surface area contributed by atoms with Gasteiger partial charge in [0.2, 0.25) is 0 Å². The highest BCUT2D eigenvalue weighted by Crippen LogP contribution is 2.47. The number of carbonyl (C=O) groups excluding carboxylic acids is 1. The number of hydrogen-bond acceptors (Lipinski definition) is 5. The second kappa shape index (κ2) is 6.72. The summed E-state index contributed by atoms with van der Waals surface area (Å²) in [5.41, 5.74) is 5.81. The molecule has 2 aromatic rings. The lowest BCUT2D eigenvalue weighted by Crippen LogP contribution is -2.31. The number of Topliss-reactive ketones (excluding diaryl/α,β-unsaturated/α-hetero) is 1. The van der Waals surface area contributed by atoms with Crippen LogP contribution in [0, 0.1) is 29.4 Å². The number of para-hydroxylation sites is 1. The highest BCUT2D eigenvalue weighted by Gasteiger charge is 2.40. The van der Waals surface area contributed by atoms with Crippen LogP contribution >= 0.6 is 0 Å². The first kappa shape index (κ1) is 19.2. The zero-order chi connectivity index (χ0) is 20.9. The van der Waals surface area contributed by atoms with E-state index in [1.165, 1.54) is 6.07 Å². The fraction of sp³-hybridized carbons (Fsp3) is 0.348. The molecule has 2 aromatic carbocycles. The Morgan fingerprint density at radius 3 is 2.41 bits per heavy atom. The molecule has 2 aliphatic rings. The lowest BCUT2D eigenvalue weighted by atomic mass is 9.73. The zero-order valence-electron chi connectivity index (χ0n) is 17.1. The van der Waals surface area contributed by atoms with E-state index in [1.807, 2.05) is 19.9 Å². The summed E-state index contributed by atoms with van der Waals surface area (Å²) in [6.07, 6.45) is 1.12. The summed E-state index contributed by atoms with van der Waals surface area (Å²) in [7, 11) is 0. The molecule has 0 amide bonds. The van der Waals surface area contributed by atoms with Gasteiger partial charge in [0.1, 0.15) is 0 Å². The molecular formula is C23H25N3O3. The molecule has 6 nitrogen and oxygen atoms in total. The van der Waals surface area contributed by atoms with Crippen LogP contribution in [0.25, 0.3) is 0 Å². The molecule has 0 unspecified atom stereocenters. The maximum atomic E-state index is 13.2. The normalized spacial score (nSPS) is 20.1. The minimum atomic E-state index is -0.578. The monoisotopic (exact) mass is 391 g/mol. The fourth-order valence-corrected chi connectivity index (χ4v) is 4.34. The first-order valence-corrected chi connectivity index (χ1v) is 9.81. The van der Waals surface area contributed by atoms with E-state index in [-0.39, 0.29) is 21.8 Å². The Morgan fingerprint density at radius 1 is 1.07 bits per heavy atom. The molecule has 0 saturated carbocycles. The molecule has 1 aliphatic heterocycles. The summed E-state index contributed by atoms with van der Waals surface area (Å²) in [5.74, 6) is 0.0284. The second-order valence-corrected chi connectivity index (χ2v) is 8.83. The number of hydrogen-bond donors (Lipinski definition) is 2. The van der Waals surface area contributed by atoms with Crippen LogP contribution in [0.1, 0.15) is 49.4 Å². The summed E-state index contributed by atoms with van der Waals surface area (Å²) in [6, 6.07) is 10.2. The predicted octanol–water partition coefficient (Wildman–Crippen LogP) is 5.43. The van der Waals surface area contributed by atoms with Crippen molar-refractivity contribution in [1.29, 1.82) is 0 Å². The summed E-state index contributed by atoms with van der Waals surface area (Å²) in [5, 5.41) is 18.6. The van der Waals surface area contributed by atoms with Gasteiger partial charge in [-0.3, -0.25) is 14.9 Å². The summed E-state index contributed by atoms with van der Waals surface area (Å²) in [6.45, 7) is 8.24. The Kier molecular flexibility index (Phi) is 4.45. The highest BCUT2D eigenvalue weighted by molar-refractivity contribution is 6.01. The van der Waals surface area contributed by atoms with Gasteiger partial charge < -0.3 is 10.6 Å². The van der Waals surface area contributed by atoms with Crippen molar-refractivity contribution in [2.45, 2.75) is 46.6 Å². The number of nitrogens with zero attached hydrogens (tertiary/aromatic N) is 1. The van der Waals surface area contributed by atoms with E-state index in [1.54, 1.807) is 18.2 Å². The number of nitrogens with one attached hydrogen (secondary N) is 2. The number of nitro groups is 1. The lowest BCUT2D eigenvalue weighted by molar-refractivity contribution is -0.385. The number of fused-ring (bicyclic) bond motifs is 1. The maximum Gasteiger partial charge on any atom is 0.275 e. The topological polar surface area (TPSA) is 84.3 Å². The lowest BCUT2D eigenvalue weighted by Gasteiger charge is -2.34. The Bertz CT molecular complexity index is 1070. The van der Waals surface area contributed by atoms with E-state index in [0.717, 1.165) is 28.2 Å². The van der Waals surface area contributed by atoms with Crippen LogP contribution in [0.2, 0.25) is 0 Å². The highest BCUT2D eigenvalue weighted by atomic mass is 16.6. The van der Waals surface area contributed by atoms with Crippen LogP contribution < -0.4 is 10.6 Å². The average Bonchev–Trinajstić information content (AvgIpc) is 2.77. The van der Waals surface area contributed by atoms with Crippen molar-refractivity contribution >= 4 is 22.8 Å². The third-order valence-corrected chi connectivity index (χ3v) is 5.87. The average molecular weight is 391 g/mol. The van der Waals surface area contributed by atoms with Crippen molar-refractivity contribution in [3.05, 3.63) is 74.5 Å². The molecule has 1 atom stereocenters. The van der Waals surface area contributed by atoms with Crippen molar-refractivity contribution in [2.24, 2.45) is 5.41 Å². The molecule has 0 saturated heterocycles. The number of anilines is 2. The van der Waals surface area contributed by atoms with Crippen LogP contribution in [0.5, 0.6) is 0 Å². The van der Waals surface area contributed by atoms with Crippen LogP contribution in [-0.2, 0) is 4.79 Å². The molecule has 0 spiro atoms. The van der Waals surface area contributed by atoms with Gasteiger partial charge in [0.05, 0.1) is 27.9 Å². The largest absolute Gasteiger partial charge is 0.372 e. The summed E-state index contributed by atoms with van der Waals surface area (Å²) < 4.78 is 0. The second-order valence-electron chi connectivity index (χ2n) is 8.83. The van der Waals surface area contributed by atoms with Crippen LogP contribution in [0.3, 0.4) is 0 Å². The van der Waals surface area contributed by atoms with Crippen molar-refractivity contribution in [2.75, 3.05) is 10.6 Å². The minimum absolute atomic E-state index is 0.0155. The zero-order valence-corrected chi connectivity index (χ0v) is 17.1. The molecule has 0 aromatic heterocycles. The van der Waals surface area contributed by atoms with Crippen LogP contribution in [0.4, 0.5) is 17.1 Å². The Labute approximate surface area is 170 Å². The van der Waals surface area contributed by atoms with Gasteiger partial charge in [0, 0.05) is 23.8 Å². The van der Waals surface area contributed by atoms with E-state index in [0.29, 0.717) is 24.0 Å². The minimum Gasteiger partial charge on any atom is -0.372 e. The van der Waals surface area contributed by atoms with Gasteiger partial charge in [-0.1, -0.05) is 26.0 Å². The molecule has 0 fully saturated rings. The first-order valence-electron chi connectivity index (χ1n) is 9.81. The van der Waals surface area contributed by atoms with Crippen molar-refractivity contribution in [3.63, 3.8) is 0 Å². The number of benzene rings is 2. The molecule has 6 heteroatoms. The number of rotatable bonds is 2. The molecule has 150 valence electrons. The SMILES string of the molecule is Cc1cc2c(cc1C)N[C@H](c1ccccc1[N+](=O)[O-])C1=C(CC(C)(C)CC1=O)N2. The van der Waals surface area contributed by atoms with E-state index in [4.69, 9.17) is 0 Å². The molecule has 1 heterocycles. The van der Waals surface area contributed by atoms with E-state index < -0.39 is 6.04 Å². The number of aryl methyl sites for hydroxylation is 2. The Balaban J connectivity index is 1.96. The summed E-state index contributed by atoms with van der Waals surface area (Å²) in [4.78, 5) is 24.6. The third kappa shape index (κ3) is 3.39. The van der Waals surface area contributed by atoms with Gasteiger partial charge in [0.25, 0.3) is 5.69 Å². The van der Waals surface area contributed by atoms with Crippen molar-refractivity contribution in [3.8, 4) is 0 Å². The van der Waals surface area contributed by atoms with Crippen molar-refractivity contribution < 1.29 is 9.72 Å². The summed E-state index contributed by atoms with van der Waals surface area (Å²) >= 11 is 0. The standard InChI is InChI=1S/C23H25N3O3/c1-13-9-16-17(10-14(13)2)25-22(15-7-5-6-8-19(15)26(28)29)21-18(24-16)11-23(3,4)12-20(21)27/h5-10,22,24-25H,11-12H2,1-4H3/t22-/m1/s1. The first-order chi connectivity index (χ1) is 13.7. The number of ketones is 1. The smallest absolute Gasteiger partial charge is 0.275 e. The van der Waals surface area contributed by atoms with Gasteiger partial charge in [0.15, 0.2) is 5.78 Å². The van der Waals surface area contributed by atoms with E-state index in [2.05, 4.69) is 30.5 Å². The molecule has 2 N–H and O–H groups in total. The number of carbonyl (C=O) groups is 1. The number of nitro benzene ring substituents is 1. The Morgan fingerprint density at radius 2 is 1.72 bits per heavy atom. The van der Waals surface area contributed by atoms with Gasteiger partial charge in [-0.15, -0.1) is 0 Å². The fourth-order valence-electron chi connectivity index (χ4n) is 4.34.